The van der Waals surface area contributed by atoms with Crippen LogP contribution in [0.25, 0.3) is 0 Å². The van der Waals surface area contributed by atoms with Gasteiger partial charge in [-0.05, 0) is 30.3 Å². The first kappa shape index (κ1) is 15.5. The number of hydrogen-bond acceptors (Lipinski definition) is 3. The lowest BCUT2D eigenvalue weighted by Gasteiger charge is -2.06. The molecular weight excluding hydrogens is 341 g/mol. The standard InChI is InChI=1S/C15H17BrFNOS/c1-10(2)18-8-12-4-5-13(20-12)9-19-15-6-3-11(16)7-14(15)17/h3-7,10,18H,8-9H2,1-2H3. The molecule has 0 unspecified atom stereocenters. The van der Waals surface area contributed by atoms with Crippen LogP contribution >= 0.6 is 27.3 Å². The van der Waals surface area contributed by atoms with Crippen LogP contribution in [0, 0.1) is 5.82 Å². The summed E-state index contributed by atoms with van der Waals surface area (Å²) in [5.41, 5.74) is 0. The van der Waals surface area contributed by atoms with E-state index in [-0.39, 0.29) is 11.6 Å². The van der Waals surface area contributed by atoms with Crippen LogP contribution in [0.4, 0.5) is 4.39 Å². The first-order valence-corrected chi connectivity index (χ1v) is 8.04. The highest BCUT2D eigenvalue weighted by Crippen LogP contribution is 2.24. The van der Waals surface area contributed by atoms with E-state index in [1.54, 1.807) is 23.5 Å². The Kier molecular flexibility index (Phi) is 5.57. The van der Waals surface area contributed by atoms with E-state index in [4.69, 9.17) is 4.74 Å². The van der Waals surface area contributed by atoms with Crippen LogP contribution in [-0.4, -0.2) is 6.04 Å². The van der Waals surface area contributed by atoms with Crippen molar-refractivity contribution < 1.29 is 9.13 Å². The van der Waals surface area contributed by atoms with Gasteiger partial charge in [0.15, 0.2) is 11.6 Å². The summed E-state index contributed by atoms with van der Waals surface area (Å²) < 4.78 is 19.8. The van der Waals surface area contributed by atoms with Gasteiger partial charge in [-0.15, -0.1) is 11.3 Å². The molecule has 0 aliphatic heterocycles. The van der Waals surface area contributed by atoms with Crippen LogP contribution in [0.5, 0.6) is 5.75 Å². The lowest BCUT2D eigenvalue weighted by molar-refractivity contribution is 0.293. The first-order valence-electron chi connectivity index (χ1n) is 6.43. The van der Waals surface area contributed by atoms with Crippen molar-refractivity contribution in [2.45, 2.75) is 33.0 Å². The largest absolute Gasteiger partial charge is 0.485 e. The zero-order valence-corrected chi connectivity index (χ0v) is 13.9. The number of thiophene rings is 1. The van der Waals surface area contributed by atoms with Gasteiger partial charge in [-0.1, -0.05) is 29.8 Å². The van der Waals surface area contributed by atoms with E-state index in [0.29, 0.717) is 17.1 Å². The Morgan fingerprint density at radius 3 is 2.70 bits per heavy atom. The van der Waals surface area contributed by atoms with Crippen LogP contribution in [-0.2, 0) is 13.2 Å². The molecule has 0 saturated heterocycles. The lowest BCUT2D eigenvalue weighted by Crippen LogP contribution is -2.21. The lowest BCUT2D eigenvalue weighted by atomic mass is 10.3. The van der Waals surface area contributed by atoms with Crippen molar-refractivity contribution in [3.63, 3.8) is 0 Å². The van der Waals surface area contributed by atoms with Crippen LogP contribution in [0.15, 0.2) is 34.8 Å². The number of ether oxygens (including phenoxy) is 1. The molecule has 0 atom stereocenters. The van der Waals surface area contributed by atoms with Crippen LogP contribution in [0.3, 0.4) is 0 Å². The average Bonchev–Trinajstić information content (AvgIpc) is 2.83. The number of hydrogen-bond donors (Lipinski definition) is 1. The summed E-state index contributed by atoms with van der Waals surface area (Å²) in [6, 6.07) is 9.38. The molecule has 1 heterocycles. The second-order valence-corrected chi connectivity index (χ2v) is 6.94. The normalized spacial score (nSPS) is 11.1. The minimum Gasteiger partial charge on any atom is -0.485 e. The molecule has 0 saturated carbocycles. The van der Waals surface area contributed by atoms with Gasteiger partial charge < -0.3 is 10.1 Å². The maximum atomic E-state index is 13.6. The van der Waals surface area contributed by atoms with E-state index >= 15 is 0 Å². The van der Waals surface area contributed by atoms with Crippen molar-refractivity contribution in [1.82, 2.24) is 5.32 Å². The molecule has 20 heavy (non-hydrogen) atoms. The van der Waals surface area contributed by atoms with Crippen LogP contribution in [0.1, 0.15) is 23.6 Å². The smallest absolute Gasteiger partial charge is 0.166 e. The summed E-state index contributed by atoms with van der Waals surface area (Å²) in [4.78, 5) is 2.35. The third kappa shape index (κ3) is 4.58. The van der Waals surface area contributed by atoms with Crippen molar-refractivity contribution in [2.24, 2.45) is 0 Å². The molecule has 2 nitrogen and oxygen atoms in total. The molecule has 0 bridgehead atoms. The van der Waals surface area contributed by atoms with Crippen molar-refractivity contribution in [3.05, 3.63) is 50.4 Å². The van der Waals surface area contributed by atoms with Crippen molar-refractivity contribution in [1.29, 1.82) is 0 Å². The van der Waals surface area contributed by atoms with E-state index in [1.807, 2.05) is 6.07 Å². The van der Waals surface area contributed by atoms with Gasteiger partial charge in [0.1, 0.15) is 6.61 Å². The molecule has 1 aromatic carbocycles. The van der Waals surface area contributed by atoms with Gasteiger partial charge in [0.25, 0.3) is 0 Å². The molecule has 0 spiro atoms. The Balaban J connectivity index is 1.90. The molecule has 0 radical (unpaired) electrons. The fraction of sp³-hybridized carbons (Fsp3) is 0.333. The predicted molar refractivity (Wildman–Crippen MR) is 84.7 cm³/mol. The Hall–Kier alpha value is -0.910. The van der Waals surface area contributed by atoms with Gasteiger partial charge in [-0.25, -0.2) is 4.39 Å². The summed E-state index contributed by atoms with van der Waals surface area (Å²) in [5.74, 6) is -0.0684. The van der Waals surface area contributed by atoms with E-state index in [1.165, 1.54) is 10.9 Å². The van der Waals surface area contributed by atoms with E-state index in [0.717, 1.165) is 11.4 Å². The van der Waals surface area contributed by atoms with Crippen molar-refractivity contribution >= 4 is 27.3 Å². The summed E-state index contributed by atoms with van der Waals surface area (Å²) >= 11 is 4.91. The predicted octanol–water partition coefficient (Wildman–Crippen LogP) is 4.73. The van der Waals surface area contributed by atoms with Gasteiger partial charge in [0.05, 0.1) is 0 Å². The van der Waals surface area contributed by atoms with Gasteiger partial charge in [-0.2, -0.15) is 0 Å². The number of benzene rings is 1. The van der Waals surface area contributed by atoms with Gasteiger partial charge in [0, 0.05) is 26.8 Å². The van der Waals surface area contributed by atoms with Gasteiger partial charge in [-0.3, -0.25) is 0 Å². The molecule has 108 valence electrons. The quantitative estimate of drug-likeness (QED) is 0.806. The number of nitrogens with one attached hydrogen (secondary N) is 1. The Labute approximate surface area is 131 Å². The summed E-state index contributed by atoms with van der Waals surface area (Å²) in [6.45, 7) is 5.49. The molecule has 1 aromatic heterocycles. The summed E-state index contributed by atoms with van der Waals surface area (Å²) in [6.07, 6.45) is 0. The zero-order chi connectivity index (χ0) is 14.5. The highest BCUT2D eigenvalue weighted by Gasteiger charge is 2.06. The monoisotopic (exact) mass is 357 g/mol. The molecule has 0 fully saturated rings. The molecule has 0 amide bonds. The SMILES string of the molecule is CC(C)NCc1ccc(COc2ccc(Br)cc2F)s1. The Morgan fingerprint density at radius 1 is 1.25 bits per heavy atom. The molecule has 0 aliphatic carbocycles. The fourth-order valence-corrected chi connectivity index (χ4v) is 2.86. The zero-order valence-electron chi connectivity index (χ0n) is 11.5. The van der Waals surface area contributed by atoms with Crippen LogP contribution < -0.4 is 10.1 Å². The topological polar surface area (TPSA) is 21.3 Å². The van der Waals surface area contributed by atoms with Gasteiger partial charge in [0.2, 0.25) is 0 Å². The molecule has 0 aliphatic rings. The van der Waals surface area contributed by atoms with Crippen molar-refractivity contribution in [2.75, 3.05) is 0 Å². The second kappa shape index (κ2) is 7.20. The maximum Gasteiger partial charge on any atom is 0.166 e. The third-order valence-electron chi connectivity index (χ3n) is 2.67. The highest BCUT2D eigenvalue weighted by atomic mass is 79.9. The minimum atomic E-state index is -0.349. The Bertz CT molecular complexity index is 571. The number of halogens is 2. The molecule has 2 aromatic rings. The maximum absolute atomic E-state index is 13.6. The van der Waals surface area contributed by atoms with Gasteiger partial charge >= 0.3 is 0 Å². The number of rotatable bonds is 6. The average molecular weight is 358 g/mol. The summed E-state index contributed by atoms with van der Waals surface area (Å²) in [5, 5.41) is 3.37. The van der Waals surface area contributed by atoms with Crippen LogP contribution in [0.2, 0.25) is 0 Å². The minimum absolute atomic E-state index is 0.281. The fourth-order valence-electron chi connectivity index (χ4n) is 1.64. The first-order chi connectivity index (χ1) is 9.54. The third-order valence-corrected chi connectivity index (χ3v) is 4.22. The molecule has 2 rings (SSSR count). The van der Waals surface area contributed by atoms with E-state index in [9.17, 15) is 4.39 Å². The van der Waals surface area contributed by atoms with Crippen molar-refractivity contribution in [3.8, 4) is 5.75 Å². The molecule has 5 heteroatoms. The van der Waals surface area contributed by atoms with E-state index in [2.05, 4.69) is 41.2 Å². The molecular formula is C15H17BrFNOS. The highest BCUT2D eigenvalue weighted by molar-refractivity contribution is 9.10. The second-order valence-electron chi connectivity index (χ2n) is 4.77. The summed E-state index contributed by atoms with van der Waals surface area (Å²) in [7, 11) is 0. The van der Waals surface area contributed by atoms with E-state index < -0.39 is 0 Å². The Morgan fingerprint density at radius 2 is 2.00 bits per heavy atom. The molecule has 1 N–H and O–H groups in total.